The van der Waals surface area contributed by atoms with Gasteiger partial charge in [0.2, 0.25) is 0 Å². The highest BCUT2D eigenvalue weighted by Gasteiger charge is 2.23. The second kappa shape index (κ2) is 27.9. The minimum absolute atomic E-state index is 0.496. The zero-order valence-corrected chi connectivity index (χ0v) is 51.9. The Balaban J connectivity index is 0.000000120. The van der Waals surface area contributed by atoms with E-state index in [-0.39, 0.29) is 0 Å². The maximum absolute atomic E-state index is 5.75. The predicted molar refractivity (Wildman–Crippen MR) is 364 cm³/mol. The monoisotopic (exact) mass is 1180 g/mol. The third kappa shape index (κ3) is 14.4. The summed E-state index contributed by atoms with van der Waals surface area (Å²) in [5.41, 5.74) is 66.7. The van der Waals surface area contributed by atoms with Crippen molar-refractivity contribution < 1.29 is 0 Å². The molecule has 0 amide bonds. The lowest BCUT2D eigenvalue weighted by molar-refractivity contribution is 0.628. The first-order chi connectivity index (χ1) is 42.3. The molecule has 88 heavy (non-hydrogen) atoms. The van der Waals surface area contributed by atoms with Crippen molar-refractivity contribution in [3.8, 4) is 0 Å². The lowest BCUT2D eigenvalue weighted by Gasteiger charge is -2.05. The highest BCUT2D eigenvalue weighted by Crippen LogP contribution is 2.37. The molecule has 0 fully saturated rings. The summed E-state index contributed by atoms with van der Waals surface area (Å²) in [5, 5.41) is 2.17. The molecule has 10 aromatic rings. The van der Waals surface area contributed by atoms with E-state index < -0.39 is 0 Å². The van der Waals surface area contributed by atoms with Crippen molar-refractivity contribution in [3.63, 3.8) is 0 Å². The second-order valence-corrected chi connectivity index (χ2v) is 23.5. The average Bonchev–Trinajstić information content (AvgIpc) is 4.58. The van der Waals surface area contributed by atoms with Crippen molar-refractivity contribution in [2.75, 3.05) is 45.9 Å². The number of allylic oxidation sites excluding steroid dienone is 4. The zero-order chi connectivity index (χ0) is 62.8. The average molecular weight is 1180 g/mol. The number of hydrogen-bond acceptors (Lipinski definition) is 16. The van der Waals surface area contributed by atoms with Gasteiger partial charge in [-0.2, -0.15) is 0 Å². The molecule has 0 aromatic carbocycles. The number of aromatic amines is 1. The number of nitrogens with two attached hydrogens (primary N) is 8. The molecule has 18 heteroatoms. The molecule has 0 radical (unpaired) electrons. The van der Waals surface area contributed by atoms with Gasteiger partial charge >= 0.3 is 0 Å². The van der Waals surface area contributed by atoms with Gasteiger partial charge in [0, 0.05) is 108 Å². The van der Waals surface area contributed by atoms with Gasteiger partial charge in [-0.1, -0.05) is 57.6 Å². The largest absolute Gasteiger partial charge is 0.383 e. The Morgan fingerprint density at radius 3 is 1.75 bits per heavy atom. The fraction of sp³-hybridized carbons (Fsp3) is 0.286. The van der Waals surface area contributed by atoms with Gasteiger partial charge in [0.15, 0.2) is 0 Å². The number of hydrogen-bond donors (Lipinski definition) is 9. The zero-order valence-electron chi connectivity index (χ0n) is 51.9. The van der Waals surface area contributed by atoms with Crippen LogP contribution in [0.5, 0.6) is 0 Å². The molecule has 0 aliphatic heterocycles. The molecule has 4 atom stereocenters. The van der Waals surface area contributed by atoms with Crippen molar-refractivity contribution in [2.24, 2.45) is 13.0 Å². The fourth-order valence-electron chi connectivity index (χ4n) is 12.2. The van der Waals surface area contributed by atoms with Crippen LogP contribution in [-0.2, 0) is 45.6 Å². The minimum atomic E-state index is 0.496. The first-order valence-corrected chi connectivity index (χ1v) is 30.0. The van der Waals surface area contributed by atoms with Crippen LogP contribution in [0.1, 0.15) is 144 Å². The van der Waals surface area contributed by atoms with E-state index in [1.54, 1.807) is 49.6 Å². The van der Waals surface area contributed by atoms with E-state index >= 15 is 0 Å². The standard InChI is InChI=1S/C9H12N2.C9H10N2.C9H12N2.C9H10N2.C9H12N2.C9H10N2.2C8H9N3/c2*1-6-4-7-2-3-11-9(10)8(7)5-6;2*1-6-2-3-8-7(6)4-5-11-9(8)10;2*1-6-2-3-7-4-5-11-9(10)8(6)7;1-11-5-3-6-7(11)2-4-10-8(6)9;1-5-4-11-7-6(5)2-3-10-8(7)9/h2-3,6H,4-5H2,1H3,(H2,10,11);2-3,5H,4H2,1H3,(H2,10,11);4-6H,2-3H2,1H3,(H2,10,11);2-6H,1H3,(H2,10,11);4-6H,2-3H2,1H3,(H2,10,11);2,4-5H,3H2,1H3,(H2,10,11);2-5H,1H3,(H2,9,10);2-4,11H,1H3,(H2,9,10). The molecule has 4 unspecified atom stereocenters. The molecule has 6 aliphatic rings. The smallest absolute Gasteiger partial charge is 0.147 e. The van der Waals surface area contributed by atoms with E-state index in [4.69, 9.17) is 45.9 Å². The molecule has 0 saturated carbocycles. The Hall–Kier alpha value is -10.1. The summed E-state index contributed by atoms with van der Waals surface area (Å²) in [5.74, 6) is 7.84. The fourth-order valence-corrected chi connectivity index (χ4v) is 12.2. The topological polar surface area (TPSA) is 332 Å². The maximum Gasteiger partial charge on any atom is 0.147 e. The van der Waals surface area contributed by atoms with Crippen molar-refractivity contribution >= 4 is 86.1 Å². The normalized spacial score (nSPS) is 17.0. The van der Waals surface area contributed by atoms with Gasteiger partial charge in [-0.3, -0.25) is 0 Å². The molecule has 10 aromatic heterocycles. The van der Waals surface area contributed by atoms with E-state index in [0.717, 1.165) is 87.6 Å². The maximum atomic E-state index is 5.75. The Kier molecular flexibility index (Phi) is 19.8. The van der Waals surface area contributed by atoms with Crippen molar-refractivity contribution in [1.82, 2.24) is 49.4 Å². The van der Waals surface area contributed by atoms with Crippen molar-refractivity contribution in [2.45, 2.75) is 118 Å². The van der Waals surface area contributed by atoms with E-state index in [1.165, 1.54) is 92.5 Å². The van der Waals surface area contributed by atoms with Gasteiger partial charge in [0.25, 0.3) is 0 Å². The Morgan fingerprint density at radius 2 is 1.09 bits per heavy atom. The number of aryl methyl sites for hydroxylation is 3. The number of H-pyrrole nitrogens is 1. The van der Waals surface area contributed by atoms with Crippen molar-refractivity contribution in [1.29, 1.82) is 0 Å². The molecule has 18 nitrogen and oxygen atoms in total. The third-order valence-corrected chi connectivity index (χ3v) is 17.1. The number of fused-ring (bicyclic) bond motifs is 8. The van der Waals surface area contributed by atoms with Crippen LogP contribution in [0.3, 0.4) is 0 Å². The van der Waals surface area contributed by atoms with Gasteiger partial charge in [0.1, 0.15) is 46.5 Å². The van der Waals surface area contributed by atoms with E-state index in [2.05, 4.69) is 123 Å². The highest BCUT2D eigenvalue weighted by atomic mass is 14.9. The van der Waals surface area contributed by atoms with Gasteiger partial charge in [-0.15, -0.1) is 0 Å². The lowest BCUT2D eigenvalue weighted by Crippen LogP contribution is -1.98. The first kappa shape index (κ1) is 62.4. The first-order valence-electron chi connectivity index (χ1n) is 30.0. The summed E-state index contributed by atoms with van der Waals surface area (Å²) >= 11 is 0. The molecule has 0 bridgehead atoms. The summed E-state index contributed by atoms with van der Waals surface area (Å²) in [6.07, 6.45) is 35.6. The molecule has 10 heterocycles. The number of nitrogens with zero attached hydrogens (tertiary/aromatic N) is 9. The van der Waals surface area contributed by atoms with Crippen molar-refractivity contribution in [3.05, 3.63) is 207 Å². The van der Waals surface area contributed by atoms with Crippen LogP contribution in [0, 0.1) is 12.8 Å². The lowest BCUT2D eigenvalue weighted by atomic mass is 10.0. The van der Waals surface area contributed by atoms with Crippen LogP contribution in [-0.4, -0.2) is 49.4 Å². The van der Waals surface area contributed by atoms with E-state index in [1.807, 2.05) is 73.4 Å². The van der Waals surface area contributed by atoms with Gasteiger partial charge in [-0.25, -0.2) is 39.9 Å². The molecule has 17 N–H and O–H groups in total. The Bertz CT molecular complexity index is 4090. The Morgan fingerprint density at radius 1 is 0.511 bits per heavy atom. The summed E-state index contributed by atoms with van der Waals surface area (Å²) < 4.78 is 2.02. The predicted octanol–water partition coefficient (Wildman–Crippen LogP) is 12.5. The molecule has 16 rings (SSSR count). The van der Waals surface area contributed by atoms with Crippen LogP contribution in [0.2, 0.25) is 0 Å². The van der Waals surface area contributed by atoms with Crippen LogP contribution < -0.4 is 45.9 Å². The quantitative estimate of drug-likeness (QED) is 0.0681. The summed E-state index contributed by atoms with van der Waals surface area (Å²) in [6, 6.07) is 18.2. The van der Waals surface area contributed by atoms with Gasteiger partial charge in [-0.05, 0) is 200 Å². The van der Waals surface area contributed by atoms with Gasteiger partial charge < -0.3 is 55.4 Å². The van der Waals surface area contributed by atoms with E-state index in [9.17, 15) is 0 Å². The number of nitrogens with one attached hydrogen (secondary N) is 1. The number of nitrogen functional groups attached to an aromatic ring is 8. The molecular formula is C70H84N18. The summed E-state index contributed by atoms with van der Waals surface area (Å²) in [6.45, 7) is 15.1. The third-order valence-electron chi connectivity index (χ3n) is 17.1. The number of rotatable bonds is 0. The number of pyridine rings is 8. The molecule has 0 saturated heterocycles. The number of aromatic nitrogens is 10. The minimum Gasteiger partial charge on any atom is -0.383 e. The highest BCUT2D eigenvalue weighted by molar-refractivity contribution is 5.90. The van der Waals surface area contributed by atoms with E-state index in [0.29, 0.717) is 46.8 Å². The molecule has 454 valence electrons. The van der Waals surface area contributed by atoms with Crippen LogP contribution in [0.25, 0.3) is 39.5 Å². The summed E-state index contributed by atoms with van der Waals surface area (Å²) in [4.78, 5) is 35.3. The number of anilines is 8. The molecule has 0 spiro atoms. The van der Waals surface area contributed by atoms with Gasteiger partial charge in [0.05, 0.1) is 11.0 Å². The summed E-state index contributed by atoms with van der Waals surface area (Å²) in [7, 11) is 1.99. The second-order valence-electron chi connectivity index (χ2n) is 23.5. The molecule has 6 aliphatic carbocycles. The SMILES string of the molecule is CC1=CCc2ccnc(N)c21.CC1=Cc2c(ccnc2N)C1.CC1C=Cc2c1ccnc2N.CC1CCc2c1ccnc2N.CC1CCc2ccnc(N)c21.CC1Cc2ccnc(N)c2C1.Cc1c[nH]c2c(N)nccc12.Cn1ccc2c(N)nccc21. The Labute approximate surface area is 516 Å². The van der Waals surface area contributed by atoms with Crippen LogP contribution in [0.15, 0.2) is 134 Å². The van der Waals surface area contributed by atoms with Crippen LogP contribution in [0.4, 0.5) is 46.5 Å². The molecular weight excluding hydrogens is 1090 g/mol. The van der Waals surface area contributed by atoms with Crippen LogP contribution >= 0.6 is 0 Å².